The number of ether oxygens (including phenoxy) is 1. The van der Waals surface area contributed by atoms with Gasteiger partial charge in [-0.2, -0.15) is 0 Å². The molecule has 1 aliphatic heterocycles. The zero-order valence-electron chi connectivity index (χ0n) is 8.79. The average molecular weight is 184 g/mol. The Labute approximate surface area is 80.3 Å². The second-order valence-electron chi connectivity index (χ2n) is 5.58. The lowest BCUT2D eigenvalue weighted by atomic mass is 9.74. The molecule has 0 spiro atoms. The van der Waals surface area contributed by atoms with Crippen LogP contribution in [-0.4, -0.2) is 23.9 Å². The van der Waals surface area contributed by atoms with Crippen LogP contribution in [-0.2, 0) is 4.74 Å². The summed E-state index contributed by atoms with van der Waals surface area (Å²) in [6, 6.07) is 0. The predicted octanol–water partition coefficient (Wildman–Crippen LogP) is 1.82. The molecule has 1 saturated carbocycles. The third-order valence-electron chi connectivity index (χ3n) is 3.69. The summed E-state index contributed by atoms with van der Waals surface area (Å²) in [5.41, 5.74) is 0.323. The summed E-state index contributed by atoms with van der Waals surface area (Å²) in [5, 5.41) is 9.66. The van der Waals surface area contributed by atoms with Crippen molar-refractivity contribution in [2.75, 3.05) is 6.61 Å². The van der Waals surface area contributed by atoms with Crippen LogP contribution in [0.2, 0.25) is 0 Å². The van der Waals surface area contributed by atoms with Crippen molar-refractivity contribution in [1.82, 2.24) is 0 Å². The van der Waals surface area contributed by atoms with Gasteiger partial charge >= 0.3 is 0 Å². The molecule has 2 fully saturated rings. The van der Waals surface area contributed by atoms with Crippen LogP contribution in [0.3, 0.4) is 0 Å². The van der Waals surface area contributed by atoms with E-state index in [1.807, 2.05) is 0 Å². The Morgan fingerprint density at radius 1 is 1.23 bits per heavy atom. The van der Waals surface area contributed by atoms with E-state index in [1.54, 1.807) is 0 Å². The van der Waals surface area contributed by atoms with Crippen LogP contribution in [0, 0.1) is 17.3 Å². The zero-order valence-corrected chi connectivity index (χ0v) is 8.79. The fourth-order valence-corrected chi connectivity index (χ4v) is 2.87. The van der Waals surface area contributed by atoms with Crippen molar-refractivity contribution in [1.29, 1.82) is 0 Å². The minimum Gasteiger partial charge on any atom is -0.390 e. The Balaban J connectivity index is 2.11. The maximum atomic E-state index is 9.66. The van der Waals surface area contributed by atoms with Crippen LogP contribution in [0.4, 0.5) is 0 Å². The number of fused-ring (bicyclic) bond motifs is 1. The van der Waals surface area contributed by atoms with Crippen molar-refractivity contribution in [3.8, 4) is 0 Å². The molecule has 0 radical (unpaired) electrons. The van der Waals surface area contributed by atoms with Crippen molar-refractivity contribution < 1.29 is 9.84 Å². The van der Waals surface area contributed by atoms with Crippen molar-refractivity contribution >= 4 is 0 Å². The average Bonchev–Trinajstić information content (AvgIpc) is 2.51. The van der Waals surface area contributed by atoms with Gasteiger partial charge in [-0.3, -0.25) is 0 Å². The van der Waals surface area contributed by atoms with Crippen LogP contribution in [0.5, 0.6) is 0 Å². The third-order valence-corrected chi connectivity index (χ3v) is 3.69. The van der Waals surface area contributed by atoms with E-state index in [4.69, 9.17) is 4.74 Å². The molecule has 2 nitrogen and oxygen atoms in total. The second kappa shape index (κ2) is 2.96. The molecule has 1 saturated heterocycles. The fourth-order valence-electron chi connectivity index (χ4n) is 2.87. The number of hydrogen-bond acceptors (Lipinski definition) is 2. The molecule has 4 atom stereocenters. The predicted molar refractivity (Wildman–Crippen MR) is 51.4 cm³/mol. The molecule has 0 bridgehead atoms. The SMILES string of the molecule is CC(C)(C)C1CO[C@@H]2[C@H](O)CC[C@H]12. The molecule has 1 aliphatic carbocycles. The molecular formula is C11H20O2. The summed E-state index contributed by atoms with van der Waals surface area (Å²) in [6.45, 7) is 7.66. The lowest BCUT2D eigenvalue weighted by Crippen LogP contribution is -2.29. The standard InChI is InChI=1S/C11H20O2/c1-11(2,3)8-6-13-10-7(8)4-5-9(10)12/h7-10,12H,4-6H2,1-3H3/t7-,8?,9-,10+/m1/s1. The second-order valence-corrected chi connectivity index (χ2v) is 5.58. The van der Waals surface area contributed by atoms with Gasteiger partial charge in [0.05, 0.1) is 18.8 Å². The summed E-state index contributed by atoms with van der Waals surface area (Å²) < 4.78 is 5.68. The van der Waals surface area contributed by atoms with E-state index in [1.165, 1.54) is 0 Å². The van der Waals surface area contributed by atoms with Gasteiger partial charge in [0, 0.05) is 0 Å². The Hall–Kier alpha value is -0.0800. The molecule has 0 aromatic carbocycles. The Kier molecular flexibility index (Phi) is 2.16. The Bertz CT molecular complexity index is 195. The van der Waals surface area contributed by atoms with Crippen molar-refractivity contribution in [2.24, 2.45) is 17.3 Å². The van der Waals surface area contributed by atoms with E-state index in [9.17, 15) is 5.11 Å². The number of aliphatic hydroxyl groups excluding tert-OH is 1. The first-order valence-electron chi connectivity index (χ1n) is 5.30. The monoisotopic (exact) mass is 184 g/mol. The highest BCUT2D eigenvalue weighted by atomic mass is 16.5. The molecule has 0 aromatic rings. The molecule has 76 valence electrons. The van der Waals surface area contributed by atoms with Gasteiger partial charge in [-0.1, -0.05) is 20.8 Å². The molecule has 1 heterocycles. The summed E-state index contributed by atoms with van der Waals surface area (Å²) in [5.74, 6) is 1.24. The van der Waals surface area contributed by atoms with Crippen LogP contribution < -0.4 is 0 Å². The minimum absolute atomic E-state index is 0.143. The molecule has 13 heavy (non-hydrogen) atoms. The molecule has 2 heteroatoms. The van der Waals surface area contributed by atoms with Gasteiger partial charge in [0.25, 0.3) is 0 Å². The zero-order chi connectivity index (χ0) is 9.64. The maximum absolute atomic E-state index is 9.66. The first kappa shape index (κ1) is 9.47. The molecule has 1 N–H and O–H groups in total. The number of hydrogen-bond donors (Lipinski definition) is 1. The van der Waals surface area contributed by atoms with E-state index in [-0.39, 0.29) is 12.2 Å². The van der Waals surface area contributed by atoms with Crippen LogP contribution in [0.15, 0.2) is 0 Å². The summed E-state index contributed by atoms with van der Waals surface area (Å²) in [4.78, 5) is 0. The smallest absolute Gasteiger partial charge is 0.0865 e. The van der Waals surface area contributed by atoms with Crippen LogP contribution in [0.1, 0.15) is 33.6 Å². The van der Waals surface area contributed by atoms with Gasteiger partial charge in [-0.05, 0) is 30.1 Å². The Morgan fingerprint density at radius 3 is 2.54 bits per heavy atom. The largest absolute Gasteiger partial charge is 0.390 e. The Morgan fingerprint density at radius 2 is 1.92 bits per heavy atom. The van der Waals surface area contributed by atoms with E-state index in [2.05, 4.69) is 20.8 Å². The van der Waals surface area contributed by atoms with Gasteiger partial charge in [-0.15, -0.1) is 0 Å². The van der Waals surface area contributed by atoms with E-state index < -0.39 is 0 Å². The summed E-state index contributed by atoms with van der Waals surface area (Å²) in [6.07, 6.45) is 2.02. The van der Waals surface area contributed by atoms with E-state index >= 15 is 0 Å². The van der Waals surface area contributed by atoms with Crippen LogP contribution in [0.25, 0.3) is 0 Å². The normalized spacial score (nSPS) is 45.2. The van der Waals surface area contributed by atoms with Crippen molar-refractivity contribution in [2.45, 2.75) is 45.8 Å². The highest BCUT2D eigenvalue weighted by Gasteiger charge is 2.48. The maximum Gasteiger partial charge on any atom is 0.0865 e. The molecule has 0 aromatic heterocycles. The number of aliphatic hydroxyl groups is 1. The van der Waals surface area contributed by atoms with Crippen molar-refractivity contribution in [3.63, 3.8) is 0 Å². The van der Waals surface area contributed by atoms with Gasteiger partial charge in [0.1, 0.15) is 0 Å². The fraction of sp³-hybridized carbons (Fsp3) is 1.00. The lowest BCUT2D eigenvalue weighted by molar-refractivity contribution is 0.00535. The van der Waals surface area contributed by atoms with Gasteiger partial charge in [0.2, 0.25) is 0 Å². The van der Waals surface area contributed by atoms with Gasteiger partial charge in [-0.25, -0.2) is 0 Å². The van der Waals surface area contributed by atoms with Gasteiger partial charge < -0.3 is 9.84 Å². The molecule has 1 unspecified atom stereocenters. The highest BCUT2D eigenvalue weighted by molar-refractivity contribution is 4.97. The van der Waals surface area contributed by atoms with Gasteiger partial charge in [0.15, 0.2) is 0 Å². The number of rotatable bonds is 0. The summed E-state index contributed by atoms with van der Waals surface area (Å²) >= 11 is 0. The lowest BCUT2D eigenvalue weighted by Gasteiger charge is -2.30. The quantitative estimate of drug-likeness (QED) is 0.622. The topological polar surface area (TPSA) is 29.5 Å². The first-order valence-corrected chi connectivity index (χ1v) is 5.30. The molecule has 2 rings (SSSR count). The molecule has 2 aliphatic rings. The molecular weight excluding hydrogens is 164 g/mol. The van der Waals surface area contributed by atoms with Crippen molar-refractivity contribution in [3.05, 3.63) is 0 Å². The molecule has 0 amide bonds. The van der Waals surface area contributed by atoms with E-state index in [0.717, 1.165) is 19.4 Å². The van der Waals surface area contributed by atoms with E-state index in [0.29, 0.717) is 17.3 Å². The third kappa shape index (κ3) is 1.50. The summed E-state index contributed by atoms with van der Waals surface area (Å²) in [7, 11) is 0. The first-order chi connectivity index (χ1) is 6.00. The highest BCUT2D eigenvalue weighted by Crippen LogP contribution is 2.46. The minimum atomic E-state index is -0.197. The van der Waals surface area contributed by atoms with Crippen LogP contribution >= 0.6 is 0 Å².